The zero-order valence-corrected chi connectivity index (χ0v) is 9.28. The Hall–Kier alpha value is -1.19. The molecule has 2 N–H and O–H groups in total. The van der Waals surface area contributed by atoms with Gasteiger partial charge >= 0.3 is 0 Å². The first-order chi connectivity index (χ1) is 7.86. The van der Waals surface area contributed by atoms with E-state index >= 15 is 0 Å². The fourth-order valence-electron chi connectivity index (χ4n) is 2.27. The topological polar surface area (TPSA) is 49.3 Å². The molecule has 3 nitrogen and oxygen atoms in total. The van der Waals surface area contributed by atoms with Crippen LogP contribution in [0.5, 0.6) is 0 Å². The molecule has 0 saturated carbocycles. The number of hydrogen-bond donors (Lipinski definition) is 2. The molecule has 0 aliphatic carbocycles. The third-order valence-corrected chi connectivity index (χ3v) is 3.13. The van der Waals surface area contributed by atoms with Crippen LogP contribution in [0, 0.1) is 0 Å². The monoisotopic (exact) mass is 219 g/mol. The number of aliphatic hydroxyl groups excluding tert-OH is 1. The van der Waals surface area contributed by atoms with E-state index in [1.54, 1.807) is 0 Å². The van der Waals surface area contributed by atoms with Crippen molar-refractivity contribution in [2.45, 2.75) is 31.8 Å². The number of rotatable bonds is 5. The minimum atomic E-state index is -0.132. The summed E-state index contributed by atoms with van der Waals surface area (Å²) in [4.78, 5) is 10.8. The van der Waals surface area contributed by atoms with E-state index in [0.717, 1.165) is 37.7 Å². The maximum absolute atomic E-state index is 10.8. The molecule has 0 aromatic heterocycles. The van der Waals surface area contributed by atoms with Crippen molar-refractivity contribution < 1.29 is 9.90 Å². The highest BCUT2D eigenvalue weighted by atomic mass is 16.2. The normalized spacial score (nSPS) is 18.4. The molecular formula is C13H17NO2. The number of carbonyl (C=O) groups excluding carboxylic acids is 1. The van der Waals surface area contributed by atoms with E-state index in [2.05, 4.69) is 11.4 Å². The van der Waals surface area contributed by atoms with E-state index in [-0.39, 0.29) is 12.6 Å². The summed E-state index contributed by atoms with van der Waals surface area (Å²) < 4.78 is 0. The molecule has 1 aliphatic heterocycles. The summed E-state index contributed by atoms with van der Waals surface area (Å²) in [6.45, 7) is 1.04. The molecule has 0 spiro atoms. The van der Waals surface area contributed by atoms with E-state index in [0.29, 0.717) is 0 Å². The largest absolute Gasteiger partial charge is 0.396 e. The second kappa shape index (κ2) is 5.23. The van der Waals surface area contributed by atoms with Crippen LogP contribution < -0.4 is 5.32 Å². The highest BCUT2D eigenvalue weighted by Crippen LogP contribution is 2.27. The minimum absolute atomic E-state index is 0.132. The Labute approximate surface area is 95.5 Å². The lowest BCUT2D eigenvalue weighted by Gasteiger charge is -2.07. The number of aliphatic hydroxyl groups is 1. The predicted molar refractivity (Wildman–Crippen MR) is 62.1 cm³/mol. The average Bonchev–Trinajstić information content (AvgIpc) is 2.73. The molecule has 1 aliphatic rings. The maximum Gasteiger partial charge on any atom is 0.141 e. The van der Waals surface area contributed by atoms with Crippen molar-refractivity contribution in [3.8, 4) is 0 Å². The fourth-order valence-corrected chi connectivity index (χ4v) is 2.27. The minimum Gasteiger partial charge on any atom is -0.396 e. The van der Waals surface area contributed by atoms with Gasteiger partial charge in [-0.05, 0) is 36.0 Å². The summed E-state index contributed by atoms with van der Waals surface area (Å²) in [5, 5.41) is 11.9. The van der Waals surface area contributed by atoms with Gasteiger partial charge in [0.05, 0.1) is 6.04 Å². The number of aryl methyl sites for hydroxylation is 1. The number of benzene rings is 1. The number of unbranched alkanes of at least 4 members (excludes halogenated alkanes) is 1. The molecule has 1 atom stereocenters. The van der Waals surface area contributed by atoms with Gasteiger partial charge in [-0.2, -0.15) is 0 Å². The Bertz CT molecular complexity index is 376. The summed E-state index contributed by atoms with van der Waals surface area (Å²) in [5.41, 5.74) is 3.71. The highest BCUT2D eigenvalue weighted by molar-refractivity contribution is 5.65. The second-order valence-corrected chi connectivity index (χ2v) is 4.16. The van der Waals surface area contributed by atoms with Gasteiger partial charge in [0.25, 0.3) is 0 Å². The van der Waals surface area contributed by atoms with Gasteiger partial charge in [-0.25, -0.2) is 0 Å². The molecule has 1 aromatic carbocycles. The average molecular weight is 219 g/mol. The quantitative estimate of drug-likeness (QED) is 0.580. The molecule has 1 unspecified atom stereocenters. The molecule has 0 saturated heterocycles. The predicted octanol–water partition coefficient (Wildman–Crippen LogP) is 1.34. The van der Waals surface area contributed by atoms with Crippen molar-refractivity contribution >= 4 is 6.29 Å². The van der Waals surface area contributed by atoms with Crippen molar-refractivity contribution in [2.75, 3.05) is 6.61 Å². The Morgan fingerprint density at radius 3 is 3.06 bits per heavy atom. The van der Waals surface area contributed by atoms with Gasteiger partial charge in [-0.1, -0.05) is 18.2 Å². The summed E-state index contributed by atoms with van der Waals surface area (Å²) in [7, 11) is 0. The van der Waals surface area contributed by atoms with Crippen LogP contribution in [-0.4, -0.2) is 18.0 Å². The third kappa shape index (κ3) is 2.15. The molecule has 2 rings (SSSR count). The SMILES string of the molecule is O=CC1NCc2c(CCCCO)cccc21. The van der Waals surface area contributed by atoms with E-state index in [1.165, 1.54) is 11.1 Å². The Morgan fingerprint density at radius 2 is 2.31 bits per heavy atom. The van der Waals surface area contributed by atoms with E-state index in [4.69, 9.17) is 5.11 Å². The number of carbonyl (C=O) groups is 1. The molecule has 3 heteroatoms. The van der Waals surface area contributed by atoms with Crippen LogP contribution in [0.3, 0.4) is 0 Å². The highest BCUT2D eigenvalue weighted by Gasteiger charge is 2.22. The van der Waals surface area contributed by atoms with Crippen LogP contribution in [0.25, 0.3) is 0 Å². The molecule has 0 fully saturated rings. The van der Waals surface area contributed by atoms with Crippen LogP contribution >= 0.6 is 0 Å². The van der Waals surface area contributed by atoms with Crippen molar-refractivity contribution in [1.29, 1.82) is 0 Å². The molecule has 0 bridgehead atoms. The number of aldehydes is 1. The lowest BCUT2D eigenvalue weighted by Crippen LogP contribution is -2.12. The van der Waals surface area contributed by atoms with Crippen LogP contribution in [-0.2, 0) is 17.8 Å². The van der Waals surface area contributed by atoms with E-state index < -0.39 is 0 Å². The van der Waals surface area contributed by atoms with Gasteiger partial charge < -0.3 is 9.90 Å². The first-order valence-corrected chi connectivity index (χ1v) is 5.77. The summed E-state index contributed by atoms with van der Waals surface area (Å²) >= 11 is 0. The van der Waals surface area contributed by atoms with Gasteiger partial charge in [0.2, 0.25) is 0 Å². The Kier molecular flexibility index (Phi) is 3.70. The molecule has 1 heterocycles. The zero-order valence-electron chi connectivity index (χ0n) is 9.28. The lowest BCUT2D eigenvalue weighted by atomic mass is 9.97. The number of fused-ring (bicyclic) bond motifs is 1. The van der Waals surface area contributed by atoms with E-state index in [9.17, 15) is 4.79 Å². The smallest absolute Gasteiger partial charge is 0.141 e. The van der Waals surface area contributed by atoms with Gasteiger partial charge in [0.1, 0.15) is 6.29 Å². The fraction of sp³-hybridized carbons (Fsp3) is 0.462. The van der Waals surface area contributed by atoms with Crippen molar-refractivity contribution in [3.05, 3.63) is 34.9 Å². The summed E-state index contributed by atoms with van der Waals surface area (Å²) in [6, 6.07) is 6.01. The standard InChI is InChI=1S/C13H17NO2/c15-7-2-1-4-10-5-3-6-11-12(10)8-14-13(11)9-16/h3,5-6,9,13-15H,1-2,4,7-8H2. The number of hydrogen-bond acceptors (Lipinski definition) is 3. The van der Waals surface area contributed by atoms with Crippen LogP contribution in [0.15, 0.2) is 18.2 Å². The lowest BCUT2D eigenvalue weighted by molar-refractivity contribution is -0.109. The second-order valence-electron chi connectivity index (χ2n) is 4.16. The zero-order chi connectivity index (χ0) is 11.4. The Balaban J connectivity index is 2.15. The Morgan fingerprint density at radius 1 is 1.44 bits per heavy atom. The summed E-state index contributed by atoms with van der Waals surface area (Å²) in [6.07, 6.45) is 3.78. The van der Waals surface area contributed by atoms with Gasteiger partial charge in [-0.3, -0.25) is 5.32 Å². The molecule has 1 aromatic rings. The van der Waals surface area contributed by atoms with Gasteiger partial charge in [0, 0.05) is 13.2 Å². The maximum atomic E-state index is 10.8. The molecule has 16 heavy (non-hydrogen) atoms. The molecule has 0 radical (unpaired) electrons. The van der Waals surface area contributed by atoms with Gasteiger partial charge in [0.15, 0.2) is 0 Å². The molecule has 86 valence electrons. The first-order valence-electron chi connectivity index (χ1n) is 5.77. The molecular weight excluding hydrogens is 202 g/mol. The van der Waals surface area contributed by atoms with Crippen LogP contribution in [0.2, 0.25) is 0 Å². The van der Waals surface area contributed by atoms with E-state index in [1.807, 2.05) is 12.1 Å². The first kappa shape index (κ1) is 11.3. The summed E-state index contributed by atoms with van der Waals surface area (Å²) in [5.74, 6) is 0. The number of nitrogens with one attached hydrogen (secondary N) is 1. The molecule has 0 amide bonds. The van der Waals surface area contributed by atoms with Crippen molar-refractivity contribution in [2.24, 2.45) is 0 Å². The van der Waals surface area contributed by atoms with Crippen LogP contribution in [0.1, 0.15) is 35.6 Å². The third-order valence-electron chi connectivity index (χ3n) is 3.13. The van der Waals surface area contributed by atoms with Crippen molar-refractivity contribution in [1.82, 2.24) is 5.32 Å². The van der Waals surface area contributed by atoms with Gasteiger partial charge in [-0.15, -0.1) is 0 Å². The van der Waals surface area contributed by atoms with Crippen molar-refractivity contribution in [3.63, 3.8) is 0 Å². The van der Waals surface area contributed by atoms with Crippen LogP contribution in [0.4, 0.5) is 0 Å².